The Kier molecular flexibility index (Phi) is 3.23. The highest BCUT2D eigenvalue weighted by atomic mass is 15.2. The maximum atomic E-state index is 5.65. The quantitative estimate of drug-likeness (QED) is 0.700. The number of nitrogens with two attached hydrogens (primary N) is 1. The van der Waals surface area contributed by atoms with Crippen LogP contribution in [0.5, 0.6) is 0 Å². The fourth-order valence-electron chi connectivity index (χ4n) is 2.49. The van der Waals surface area contributed by atoms with Gasteiger partial charge in [0.25, 0.3) is 0 Å². The minimum Gasteiger partial charge on any atom is -0.329 e. The lowest BCUT2D eigenvalue weighted by Crippen LogP contribution is -2.38. The van der Waals surface area contributed by atoms with Gasteiger partial charge in [0.2, 0.25) is 0 Å². The van der Waals surface area contributed by atoms with E-state index in [1.807, 2.05) is 0 Å². The summed E-state index contributed by atoms with van der Waals surface area (Å²) in [6, 6.07) is 0.879. The van der Waals surface area contributed by atoms with Gasteiger partial charge in [-0.1, -0.05) is 12.8 Å². The molecule has 0 aliphatic heterocycles. The van der Waals surface area contributed by atoms with E-state index in [1.165, 1.54) is 45.1 Å². The van der Waals surface area contributed by atoms with E-state index >= 15 is 0 Å². The van der Waals surface area contributed by atoms with Crippen LogP contribution in [0.2, 0.25) is 0 Å². The highest BCUT2D eigenvalue weighted by Gasteiger charge is 2.28. The normalized spacial score (nSPS) is 24.5. The van der Waals surface area contributed by atoms with Gasteiger partial charge in [-0.05, 0) is 31.6 Å². The third kappa shape index (κ3) is 2.68. The van der Waals surface area contributed by atoms with Crippen LogP contribution in [0.3, 0.4) is 0 Å². The van der Waals surface area contributed by atoms with Crippen molar-refractivity contribution in [2.45, 2.75) is 44.6 Å². The van der Waals surface area contributed by atoms with Crippen molar-refractivity contribution in [1.29, 1.82) is 0 Å². The van der Waals surface area contributed by atoms with Gasteiger partial charge in [-0.3, -0.25) is 4.90 Å². The van der Waals surface area contributed by atoms with E-state index in [4.69, 9.17) is 5.73 Å². The number of rotatable bonds is 5. The molecule has 0 saturated heterocycles. The molecular formula is C11H22N2. The molecule has 2 rings (SSSR count). The van der Waals surface area contributed by atoms with Gasteiger partial charge in [0, 0.05) is 25.7 Å². The first-order valence-corrected chi connectivity index (χ1v) is 5.84. The molecule has 0 heterocycles. The molecule has 2 aliphatic rings. The lowest BCUT2D eigenvalue weighted by atomic mass is 10.2. The van der Waals surface area contributed by atoms with Crippen LogP contribution in [-0.2, 0) is 0 Å². The largest absolute Gasteiger partial charge is 0.329 e. The SMILES string of the molecule is NCCN(CC1CC1)C1CCCC1. The monoisotopic (exact) mass is 182 g/mol. The molecule has 0 bridgehead atoms. The van der Waals surface area contributed by atoms with Crippen LogP contribution in [0, 0.1) is 5.92 Å². The fourth-order valence-corrected chi connectivity index (χ4v) is 2.49. The van der Waals surface area contributed by atoms with Crippen LogP contribution in [0.1, 0.15) is 38.5 Å². The summed E-state index contributed by atoms with van der Waals surface area (Å²) in [4.78, 5) is 2.66. The van der Waals surface area contributed by atoms with Crippen molar-refractivity contribution >= 4 is 0 Å². The summed E-state index contributed by atoms with van der Waals surface area (Å²) in [5.41, 5.74) is 5.65. The maximum Gasteiger partial charge on any atom is 0.0108 e. The van der Waals surface area contributed by atoms with Crippen LogP contribution < -0.4 is 5.73 Å². The predicted molar refractivity (Wildman–Crippen MR) is 55.6 cm³/mol. The Morgan fingerprint density at radius 2 is 1.77 bits per heavy atom. The molecule has 0 aromatic heterocycles. The molecule has 0 atom stereocenters. The van der Waals surface area contributed by atoms with Crippen LogP contribution in [0.25, 0.3) is 0 Å². The first-order chi connectivity index (χ1) is 6.40. The summed E-state index contributed by atoms with van der Waals surface area (Å²) >= 11 is 0. The van der Waals surface area contributed by atoms with Crippen molar-refractivity contribution in [3.05, 3.63) is 0 Å². The zero-order valence-electron chi connectivity index (χ0n) is 8.54. The summed E-state index contributed by atoms with van der Waals surface area (Å²) in [6.45, 7) is 3.30. The number of hydrogen-bond acceptors (Lipinski definition) is 2. The van der Waals surface area contributed by atoms with Gasteiger partial charge in [-0.25, -0.2) is 0 Å². The Hall–Kier alpha value is -0.0800. The average Bonchev–Trinajstić information content (AvgIpc) is 2.80. The van der Waals surface area contributed by atoms with E-state index in [0.717, 1.165) is 25.0 Å². The van der Waals surface area contributed by atoms with Gasteiger partial charge in [0.1, 0.15) is 0 Å². The third-order valence-electron chi connectivity index (χ3n) is 3.45. The average molecular weight is 182 g/mol. The summed E-state index contributed by atoms with van der Waals surface area (Å²) in [6.07, 6.45) is 8.66. The van der Waals surface area contributed by atoms with Crippen molar-refractivity contribution in [2.75, 3.05) is 19.6 Å². The molecule has 0 amide bonds. The van der Waals surface area contributed by atoms with Gasteiger partial charge >= 0.3 is 0 Å². The summed E-state index contributed by atoms with van der Waals surface area (Å²) in [5, 5.41) is 0. The van der Waals surface area contributed by atoms with E-state index in [0.29, 0.717) is 0 Å². The Labute approximate surface area is 81.5 Å². The lowest BCUT2D eigenvalue weighted by Gasteiger charge is -2.28. The van der Waals surface area contributed by atoms with Gasteiger partial charge < -0.3 is 5.73 Å². The van der Waals surface area contributed by atoms with E-state index in [1.54, 1.807) is 0 Å². The van der Waals surface area contributed by atoms with Crippen LogP contribution in [0.15, 0.2) is 0 Å². The number of hydrogen-bond donors (Lipinski definition) is 1. The molecular weight excluding hydrogens is 160 g/mol. The molecule has 76 valence electrons. The molecule has 0 aromatic rings. The first kappa shape index (κ1) is 9.47. The minimum atomic E-state index is 0.837. The van der Waals surface area contributed by atoms with E-state index in [9.17, 15) is 0 Å². The standard InChI is InChI=1S/C11H22N2/c12-7-8-13(9-10-5-6-10)11-3-1-2-4-11/h10-11H,1-9,12H2. The second-order valence-corrected chi connectivity index (χ2v) is 4.67. The van der Waals surface area contributed by atoms with E-state index in [2.05, 4.69) is 4.90 Å². The lowest BCUT2D eigenvalue weighted by molar-refractivity contribution is 0.195. The van der Waals surface area contributed by atoms with Gasteiger partial charge in [-0.15, -0.1) is 0 Å². The topological polar surface area (TPSA) is 29.3 Å². The zero-order chi connectivity index (χ0) is 9.10. The van der Waals surface area contributed by atoms with E-state index in [-0.39, 0.29) is 0 Å². The molecule has 13 heavy (non-hydrogen) atoms. The Bertz CT molecular complexity index is 148. The Morgan fingerprint density at radius 3 is 2.31 bits per heavy atom. The minimum absolute atomic E-state index is 0.837. The predicted octanol–water partition coefficient (Wildman–Crippen LogP) is 1.60. The van der Waals surface area contributed by atoms with Gasteiger partial charge in [0.15, 0.2) is 0 Å². The second-order valence-electron chi connectivity index (χ2n) is 4.67. The van der Waals surface area contributed by atoms with Crippen LogP contribution in [0.4, 0.5) is 0 Å². The van der Waals surface area contributed by atoms with Gasteiger partial charge in [-0.2, -0.15) is 0 Å². The fraction of sp³-hybridized carbons (Fsp3) is 1.00. The molecule has 2 aliphatic carbocycles. The van der Waals surface area contributed by atoms with E-state index < -0.39 is 0 Å². The third-order valence-corrected chi connectivity index (χ3v) is 3.45. The van der Waals surface area contributed by atoms with Crippen molar-refractivity contribution in [3.63, 3.8) is 0 Å². The van der Waals surface area contributed by atoms with Crippen molar-refractivity contribution in [3.8, 4) is 0 Å². The highest BCUT2D eigenvalue weighted by Crippen LogP contribution is 2.32. The number of nitrogens with zero attached hydrogens (tertiary/aromatic N) is 1. The van der Waals surface area contributed by atoms with Crippen LogP contribution >= 0.6 is 0 Å². The maximum absolute atomic E-state index is 5.65. The Balaban J connectivity index is 1.79. The molecule has 2 saturated carbocycles. The summed E-state index contributed by atoms with van der Waals surface area (Å²) < 4.78 is 0. The highest BCUT2D eigenvalue weighted by molar-refractivity contribution is 4.83. The molecule has 0 unspecified atom stereocenters. The molecule has 0 aromatic carbocycles. The summed E-state index contributed by atoms with van der Waals surface area (Å²) in [5.74, 6) is 1.02. The molecule has 2 N–H and O–H groups in total. The molecule has 2 nitrogen and oxygen atoms in total. The molecule has 0 radical (unpaired) electrons. The molecule has 2 fully saturated rings. The van der Waals surface area contributed by atoms with Crippen molar-refractivity contribution in [2.24, 2.45) is 11.7 Å². The Morgan fingerprint density at radius 1 is 1.08 bits per heavy atom. The molecule has 0 spiro atoms. The smallest absolute Gasteiger partial charge is 0.0108 e. The zero-order valence-corrected chi connectivity index (χ0v) is 8.54. The van der Waals surface area contributed by atoms with Crippen molar-refractivity contribution < 1.29 is 0 Å². The van der Waals surface area contributed by atoms with Crippen molar-refractivity contribution in [1.82, 2.24) is 4.90 Å². The van der Waals surface area contributed by atoms with Gasteiger partial charge in [0.05, 0.1) is 0 Å². The van der Waals surface area contributed by atoms with Crippen LogP contribution in [-0.4, -0.2) is 30.6 Å². The summed E-state index contributed by atoms with van der Waals surface area (Å²) in [7, 11) is 0. The first-order valence-electron chi connectivity index (χ1n) is 5.84. The molecule has 2 heteroatoms. The second kappa shape index (κ2) is 4.43.